The van der Waals surface area contributed by atoms with E-state index in [0.29, 0.717) is 11.3 Å². The van der Waals surface area contributed by atoms with Crippen LogP contribution in [-0.2, 0) is 0 Å². The molecule has 0 saturated heterocycles. The maximum Gasteiger partial charge on any atom is 0.291 e. The maximum atomic E-state index is 12.3. The fraction of sp³-hybridized carbons (Fsp3) is 0. The minimum absolute atomic E-state index is 0.283. The van der Waals surface area contributed by atoms with Crippen molar-refractivity contribution in [1.29, 1.82) is 0 Å². The highest BCUT2D eigenvalue weighted by Gasteiger charge is 2.12. The van der Waals surface area contributed by atoms with E-state index >= 15 is 0 Å². The number of nitrogens with one attached hydrogen (secondary N) is 1. The summed E-state index contributed by atoms with van der Waals surface area (Å²) in [5.41, 5.74) is 2.24. The molecule has 6 heteroatoms. The number of furan rings is 1. The Bertz CT molecular complexity index is 923. The summed E-state index contributed by atoms with van der Waals surface area (Å²) in [5, 5.41) is 7.77. The second-order valence-corrected chi connectivity index (χ2v) is 4.99. The van der Waals surface area contributed by atoms with Crippen LogP contribution in [0, 0.1) is 0 Å². The van der Waals surface area contributed by atoms with Crippen LogP contribution in [0.2, 0.25) is 0 Å². The van der Waals surface area contributed by atoms with Crippen molar-refractivity contribution in [3.8, 4) is 5.69 Å². The van der Waals surface area contributed by atoms with Crippen LogP contribution in [0.25, 0.3) is 16.7 Å². The fourth-order valence-electron chi connectivity index (χ4n) is 2.33. The third-order valence-corrected chi connectivity index (χ3v) is 3.46. The number of fused-ring (bicyclic) bond motifs is 1. The molecular formula is C17H12N4O2. The lowest BCUT2D eigenvalue weighted by Gasteiger charge is -2.05. The third kappa shape index (κ3) is 2.57. The van der Waals surface area contributed by atoms with Crippen LogP contribution in [0.3, 0.4) is 0 Å². The van der Waals surface area contributed by atoms with Gasteiger partial charge in [-0.3, -0.25) is 4.79 Å². The molecule has 0 fully saturated rings. The first kappa shape index (κ1) is 13.3. The Kier molecular flexibility index (Phi) is 3.12. The molecule has 0 atom stereocenters. The van der Waals surface area contributed by atoms with Gasteiger partial charge in [0.25, 0.3) is 5.91 Å². The van der Waals surface area contributed by atoms with Crippen molar-refractivity contribution in [2.75, 3.05) is 5.32 Å². The van der Waals surface area contributed by atoms with Gasteiger partial charge in [-0.2, -0.15) is 5.10 Å². The summed E-state index contributed by atoms with van der Waals surface area (Å²) < 4.78 is 7.19. The Labute approximate surface area is 131 Å². The molecule has 0 bridgehead atoms. The van der Waals surface area contributed by atoms with Crippen LogP contribution >= 0.6 is 0 Å². The molecule has 2 heterocycles. The highest BCUT2D eigenvalue weighted by Crippen LogP contribution is 2.20. The van der Waals surface area contributed by atoms with E-state index in [1.54, 1.807) is 29.2 Å². The number of hydrogen-bond acceptors (Lipinski definition) is 4. The van der Waals surface area contributed by atoms with E-state index < -0.39 is 0 Å². The highest BCUT2D eigenvalue weighted by molar-refractivity contribution is 6.04. The number of benzene rings is 2. The van der Waals surface area contributed by atoms with Crippen molar-refractivity contribution in [1.82, 2.24) is 14.8 Å². The lowest BCUT2D eigenvalue weighted by Crippen LogP contribution is -2.10. The number of hydrogen-bond donors (Lipinski definition) is 1. The predicted octanol–water partition coefficient (Wildman–Crippen LogP) is 3.27. The average molecular weight is 304 g/mol. The molecule has 0 radical (unpaired) electrons. The molecule has 0 unspecified atom stereocenters. The Morgan fingerprint density at radius 3 is 2.65 bits per heavy atom. The zero-order chi connectivity index (χ0) is 15.6. The van der Waals surface area contributed by atoms with Crippen LogP contribution in [0.5, 0.6) is 0 Å². The van der Waals surface area contributed by atoms with Crippen molar-refractivity contribution >= 4 is 22.6 Å². The molecule has 2 aromatic carbocycles. The summed E-state index contributed by atoms with van der Waals surface area (Å²) in [4.78, 5) is 16.2. The van der Waals surface area contributed by atoms with E-state index in [2.05, 4.69) is 15.4 Å². The molecule has 2 aromatic heterocycles. The van der Waals surface area contributed by atoms with Crippen molar-refractivity contribution in [2.45, 2.75) is 0 Å². The summed E-state index contributed by atoms with van der Waals surface area (Å²) in [6.45, 7) is 0. The second-order valence-electron chi connectivity index (χ2n) is 4.99. The average Bonchev–Trinajstić information content (AvgIpc) is 3.25. The van der Waals surface area contributed by atoms with Crippen LogP contribution in [0.15, 0.2) is 71.7 Å². The van der Waals surface area contributed by atoms with Gasteiger partial charge in [0.2, 0.25) is 0 Å². The normalized spacial score (nSPS) is 10.8. The van der Waals surface area contributed by atoms with Crippen molar-refractivity contribution in [3.05, 3.63) is 73.0 Å². The highest BCUT2D eigenvalue weighted by atomic mass is 16.3. The van der Waals surface area contributed by atoms with Crippen molar-refractivity contribution in [3.63, 3.8) is 0 Å². The first-order chi connectivity index (χ1) is 11.3. The Morgan fingerprint density at radius 1 is 1.09 bits per heavy atom. The molecule has 23 heavy (non-hydrogen) atoms. The number of aromatic nitrogens is 3. The van der Waals surface area contributed by atoms with Crippen molar-refractivity contribution < 1.29 is 9.21 Å². The summed E-state index contributed by atoms with van der Waals surface area (Å²) in [6.07, 6.45) is 3.08. The number of rotatable bonds is 3. The van der Waals surface area contributed by atoms with Crippen LogP contribution in [0.1, 0.15) is 10.6 Å². The molecule has 4 rings (SSSR count). The van der Waals surface area contributed by atoms with Crippen molar-refractivity contribution in [2.24, 2.45) is 0 Å². The number of carbonyl (C=O) groups excluding carboxylic acids is 1. The van der Waals surface area contributed by atoms with Gasteiger partial charge in [-0.15, -0.1) is 0 Å². The minimum Gasteiger partial charge on any atom is -0.451 e. The summed E-state index contributed by atoms with van der Waals surface area (Å²) in [6, 6.07) is 16.6. The number of carbonyl (C=O) groups is 1. The number of nitrogens with zero attached hydrogens (tertiary/aromatic N) is 3. The van der Waals surface area contributed by atoms with Crippen LogP contribution in [0.4, 0.5) is 5.69 Å². The number of amides is 1. The van der Waals surface area contributed by atoms with Gasteiger partial charge in [0.05, 0.1) is 5.69 Å². The smallest absolute Gasteiger partial charge is 0.291 e. The van der Waals surface area contributed by atoms with Gasteiger partial charge in [0.1, 0.15) is 18.2 Å². The van der Waals surface area contributed by atoms with E-state index in [-0.39, 0.29) is 11.7 Å². The molecule has 0 aliphatic heterocycles. The molecule has 0 saturated carbocycles. The fourth-order valence-corrected chi connectivity index (χ4v) is 2.33. The van der Waals surface area contributed by atoms with Gasteiger partial charge in [0.15, 0.2) is 5.76 Å². The van der Waals surface area contributed by atoms with E-state index in [1.165, 1.54) is 6.33 Å². The molecule has 0 spiro atoms. The monoisotopic (exact) mass is 304 g/mol. The second kappa shape index (κ2) is 5.42. The van der Waals surface area contributed by atoms with Crippen LogP contribution in [-0.4, -0.2) is 20.7 Å². The molecular weight excluding hydrogens is 292 g/mol. The minimum atomic E-state index is -0.283. The molecule has 4 aromatic rings. The quantitative estimate of drug-likeness (QED) is 0.630. The molecule has 1 N–H and O–H groups in total. The topological polar surface area (TPSA) is 73.0 Å². The predicted molar refractivity (Wildman–Crippen MR) is 85.5 cm³/mol. The number of para-hydroxylation sites is 1. The Balaban J connectivity index is 1.54. The van der Waals surface area contributed by atoms with Crippen LogP contribution < -0.4 is 5.32 Å². The Morgan fingerprint density at radius 2 is 1.91 bits per heavy atom. The zero-order valence-corrected chi connectivity index (χ0v) is 12.0. The number of anilines is 1. The molecule has 6 nitrogen and oxygen atoms in total. The van der Waals surface area contributed by atoms with Gasteiger partial charge in [-0.05, 0) is 36.4 Å². The lowest BCUT2D eigenvalue weighted by atomic mass is 10.2. The summed E-state index contributed by atoms with van der Waals surface area (Å²) in [7, 11) is 0. The zero-order valence-electron chi connectivity index (χ0n) is 12.0. The van der Waals surface area contributed by atoms with E-state index in [1.807, 2.05) is 36.4 Å². The van der Waals surface area contributed by atoms with Gasteiger partial charge in [-0.25, -0.2) is 9.67 Å². The lowest BCUT2D eigenvalue weighted by molar-refractivity contribution is 0.0998. The Hall–Kier alpha value is -3.41. The molecule has 0 aliphatic carbocycles. The first-order valence-corrected chi connectivity index (χ1v) is 7.04. The van der Waals surface area contributed by atoms with Gasteiger partial charge in [-0.1, -0.05) is 18.2 Å². The van der Waals surface area contributed by atoms with E-state index in [9.17, 15) is 4.79 Å². The van der Waals surface area contributed by atoms with Gasteiger partial charge >= 0.3 is 0 Å². The third-order valence-electron chi connectivity index (χ3n) is 3.46. The largest absolute Gasteiger partial charge is 0.451 e. The first-order valence-electron chi connectivity index (χ1n) is 7.04. The summed E-state index contributed by atoms with van der Waals surface area (Å²) in [5.74, 6) is 0.00117. The van der Waals surface area contributed by atoms with Gasteiger partial charge in [0, 0.05) is 11.1 Å². The summed E-state index contributed by atoms with van der Waals surface area (Å²) >= 11 is 0. The molecule has 112 valence electrons. The SMILES string of the molecule is O=C(Nc1ccc(-n2cncn2)cc1)c1cc2ccccc2o1. The van der Waals surface area contributed by atoms with E-state index in [0.717, 1.165) is 11.1 Å². The maximum absolute atomic E-state index is 12.3. The van der Waals surface area contributed by atoms with Gasteiger partial charge < -0.3 is 9.73 Å². The van der Waals surface area contributed by atoms with E-state index in [4.69, 9.17) is 4.42 Å². The molecule has 1 amide bonds. The molecule has 0 aliphatic rings. The standard InChI is InChI=1S/C17H12N4O2/c22-17(16-9-12-3-1-2-4-15(12)23-16)20-13-5-7-14(8-6-13)21-11-18-10-19-21/h1-11H,(H,20,22).